The van der Waals surface area contributed by atoms with Gasteiger partial charge in [-0.2, -0.15) is 0 Å². The average Bonchev–Trinajstić information content (AvgIpc) is 2.45. The van der Waals surface area contributed by atoms with Crippen LogP contribution in [0.2, 0.25) is 0 Å². The van der Waals surface area contributed by atoms with Crippen molar-refractivity contribution in [3.8, 4) is 0 Å². The molecule has 7 heteroatoms. The number of carbonyl (C=O) groups is 2. The van der Waals surface area contributed by atoms with E-state index in [1.807, 2.05) is 0 Å². The van der Waals surface area contributed by atoms with Gasteiger partial charge in [-0.3, -0.25) is 4.98 Å². The summed E-state index contributed by atoms with van der Waals surface area (Å²) in [4.78, 5) is 28.5. The summed E-state index contributed by atoms with van der Waals surface area (Å²) < 4.78 is 0. The SMILES string of the molecule is NC1CCCN(C(=O)NCc2cc(C(=O)O)ccn2)C1. The van der Waals surface area contributed by atoms with Gasteiger partial charge in [0.2, 0.25) is 0 Å². The number of hydrogen-bond acceptors (Lipinski definition) is 4. The lowest BCUT2D eigenvalue weighted by molar-refractivity contribution is 0.0696. The fourth-order valence-corrected chi connectivity index (χ4v) is 2.18. The van der Waals surface area contributed by atoms with Crippen LogP contribution < -0.4 is 11.1 Å². The van der Waals surface area contributed by atoms with Crippen LogP contribution >= 0.6 is 0 Å². The molecule has 108 valence electrons. The normalized spacial score (nSPS) is 18.6. The molecule has 2 rings (SSSR count). The van der Waals surface area contributed by atoms with Crippen molar-refractivity contribution < 1.29 is 14.7 Å². The Kier molecular flexibility index (Phi) is 4.52. The number of piperidine rings is 1. The maximum Gasteiger partial charge on any atom is 0.335 e. The third-order valence-corrected chi connectivity index (χ3v) is 3.23. The maximum absolute atomic E-state index is 12.0. The monoisotopic (exact) mass is 278 g/mol. The highest BCUT2D eigenvalue weighted by atomic mass is 16.4. The zero-order chi connectivity index (χ0) is 14.5. The average molecular weight is 278 g/mol. The van der Waals surface area contributed by atoms with Crippen LogP contribution in [0.1, 0.15) is 28.9 Å². The Balaban J connectivity index is 1.89. The molecular weight excluding hydrogens is 260 g/mol. The van der Waals surface area contributed by atoms with Gasteiger partial charge in [0, 0.05) is 25.3 Å². The lowest BCUT2D eigenvalue weighted by Crippen LogP contribution is -2.49. The van der Waals surface area contributed by atoms with Gasteiger partial charge in [0.1, 0.15) is 0 Å². The summed E-state index contributed by atoms with van der Waals surface area (Å²) in [5.41, 5.74) is 6.49. The molecule has 20 heavy (non-hydrogen) atoms. The summed E-state index contributed by atoms with van der Waals surface area (Å²) >= 11 is 0. The quantitative estimate of drug-likeness (QED) is 0.742. The molecule has 0 aromatic carbocycles. The van der Waals surface area contributed by atoms with Gasteiger partial charge in [0.25, 0.3) is 0 Å². The summed E-state index contributed by atoms with van der Waals surface area (Å²) in [7, 11) is 0. The Hall–Kier alpha value is -2.15. The van der Waals surface area contributed by atoms with Crippen molar-refractivity contribution in [2.75, 3.05) is 13.1 Å². The van der Waals surface area contributed by atoms with Crippen molar-refractivity contribution >= 4 is 12.0 Å². The van der Waals surface area contributed by atoms with Crippen LogP contribution in [0.15, 0.2) is 18.3 Å². The number of urea groups is 1. The van der Waals surface area contributed by atoms with E-state index in [1.165, 1.54) is 18.3 Å². The predicted molar refractivity (Wildman–Crippen MR) is 72.2 cm³/mol. The van der Waals surface area contributed by atoms with Gasteiger partial charge in [-0.1, -0.05) is 0 Å². The highest BCUT2D eigenvalue weighted by Gasteiger charge is 2.20. The van der Waals surface area contributed by atoms with Crippen LogP contribution in [0.3, 0.4) is 0 Å². The first-order valence-corrected chi connectivity index (χ1v) is 6.53. The third kappa shape index (κ3) is 3.67. The lowest BCUT2D eigenvalue weighted by atomic mass is 10.1. The highest BCUT2D eigenvalue weighted by Crippen LogP contribution is 2.08. The second kappa shape index (κ2) is 6.33. The molecule has 0 saturated carbocycles. The minimum atomic E-state index is -1.01. The molecule has 1 aromatic heterocycles. The molecule has 0 spiro atoms. The van der Waals surface area contributed by atoms with Crippen molar-refractivity contribution in [3.05, 3.63) is 29.6 Å². The van der Waals surface area contributed by atoms with Crippen LogP contribution in [-0.2, 0) is 6.54 Å². The van der Waals surface area contributed by atoms with E-state index in [9.17, 15) is 9.59 Å². The van der Waals surface area contributed by atoms with Crippen molar-refractivity contribution in [2.24, 2.45) is 5.73 Å². The topological polar surface area (TPSA) is 109 Å². The molecule has 2 amide bonds. The number of nitrogens with one attached hydrogen (secondary N) is 1. The van der Waals surface area contributed by atoms with Gasteiger partial charge in [-0.05, 0) is 25.0 Å². The molecule has 2 heterocycles. The van der Waals surface area contributed by atoms with E-state index in [4.69, 9.17) is 10.8 Å². The zero-order valence-corrected chi connectivity index (χ0v) is 11.1. The fraction of sp³-hybridized carbons (Fsp3) is 0.462. The number of nitrogens with two attached hydrogens (primary N) is 1. The van der Waals surface area contributed by atoms with Crippen LogP contribution in [0.25, 0.3) is 0 Å². The Morgan fingerprint density at radius 3 is 3.05 bits per heavy atom. The zero-order valence-electron chi connectivity index (χ0n) is 11.1. The number of aromatic nitrogens is 1. The number of amides is 2. The van der Waals surface area contributed by atoms with Crippen molar-refractivity contribution in [1.82, 2.24) is 15.2 Å². The van der Waals surface area contributed by atoms with E-state index >= 15 is 0 Å². The standard InChI is InChI=1S/C13H18N4O3/c14-10-2-1-5-17(8-10)13(20)16-7-11-6-9(12(18)19)3-4-15-11/h3-4,6,10H,1-2,5,7-8,14H2,(H,16,20)(H,18,19). The van der Waals surface area contributed by atoms with E-state index in [0.29, 0.717) is 18.8 Å². The molecular formula is C13H18N4O3. The minimum absolute atomic E-state index is 0.0305. The maximum atomic E-state index is 12.0. The molecule has 1 saturated heterocycles. The summed E-state index contributed by atoms with van der Waals surface area (Å²) in [5.74, 6) is -1.01. The van der Waals surface area contributed by atoms with Crippen LogP contribution in [0.5, 0.6) is 0 Å². The van der Waals surface area contributed by atoms with Gasteiger partial charge >= 0.3 is 12.0 Å². The van der Waals surface area contributed by atoms with Crippen molar-refractivity contribution in [3.63, 3.8) is 0 Å². The Morgan fingerprint density at radius 2 is 2.35 bits per heavy atom. The number of aromatic carboxylic acids is 1. The first-order chi connectivity index (χ1) is 9.56. The number of rotatable bonds is 3. The molecule has 1 unspecified atom stereocenters. The molecule has 1 atom stereocenters. The number of nitrogens with zero attached hydrogens (tertiary/aromatic N) is 2. The lowest BCUT2D eigenvalue weighted by Gasteiger charge is -2.30. The first-order valence-electron chi connectivity index (χ1n) is 6.53. The summed E-state index contributed by atoms with van der Waals surface area (Å²) in [6.07, 6.45) is 3.26. The van der Waals surface area contributed by atoms with Gasteiger partial charge < -0.3 is 21.1 Å². The molecule has 1 aliphatic rings. The van der Waals surface area contributed by atoms with E-state index in [-0.39, 0.29) is 24.2 Å². The van der Waals surface area contributed by atoms with Gasteiger partial charge in [-0.25, -0.2) is 9.59 Å². The van der Waals surface area contributed by atoms with Crippen LogP contribution in [-0.4, -0.2) is 46.1 Å². The summed E-state index contributed by atoms with van der Waals surface area (Å²) in [6.45, 7) is 1.45. The van der Waals surface area contributed by atoms with Crippen molar-refractivity contribution in [2.45, 2.75) is 25.4 Å². The Morgan fingerprint density at radius 1 is 1.55 bits per heavy atom. The minimum Gasteiger partial charge on any atom is -0.478 e. The highest BCUT2D eigenvalue weighted by molar-refractivity contribution is 5.87. The van der Waals surface area contributed by atoms with E-state index in [1.54, 1.807) is 4.90 Å². The fourth-order valence-electron chi connectivity index (χ4n) is 2.18. The molecule has 0 aliphatic carbocycles. The number of carboxylic acid groups (broad SMARTS) is 1. The molecule has 1 aliphatic heterocycles. The van der Waals surface area contributed by atoms with E-state index in [0.717, 1.165) is 12.8 Å². The van der Waals surface area contributed by atoms with E-state index < -0.39 is 5.97 Å². The summed E-state index contributed by atoms with van der Waals surface area (Å²) in [5, 5.41) is 11.6. The predicted octanol–water partition coefficient (Wildman–Crippen LogP) is 0.412. The summed E-state index contributed by atoms with van der Waals surface area (Å²) in [6, 6.07) is 2.70. The molecule has 0 radical (unpaired) electrons. The number of carbonyl (C=O) groups excluding carboxylic acids is 1. The third-order valence-electron chi connectivity index (χ3n) is 3.23. The molecule has 1 aromatic rings. The van der Waals surface area contributed by atoms with Gasteiger partial charge in [0.05, 0.1) is 17.8 Å². The van der Waals surface area contributed by atoms with Crippen molar-refractivity contribution in [1.29, 1.82) is 0 Å². The Labute approximate surface area is 116 Å². The van der Waals surface area contributed by atoms with Crippen LogP contribution in [0, 0.1) is 0 Å². The molecule has 0 bridgehead atoms. The Bertz CT molecular complexity index is 506. The first kappa shape index (κ1) is 14.3. The van der Waals surface area contributed by atoms with Gasteiger partial charge in [0.15, 0.2) is 0 Å². The number of pyridine rings is 1. The number of carboxylic acids is 1. The van der Waals surface area contributed by atoms with E-state index in [2.05, 4.69) is 10.3 Å². The number of likely N-dealkylation sites (tertiary alicyclic amines) is 1. The number of hydrogen-bond donors (Lipinski definition) is 3. The smallest absolute Gasteiger partial charge is 0.335 e. The van der Waals surface area contributed by atoms with Gasteiger partial charge in [-0.15, -0.1) is 0 Å². The van der Waals surface area contributed by atoms with Crippen LogP contribution in [0.4, 0.5) is 4.79 Å². The molecule has 1 fully saturated rings. The second-order valence-corrected chi connectivity index (χ2v) is 4.85. The molecule has 7 nitrogen and oxygen atoms in total. The molecule has 4 N–H and O–H groups in total. The largest absolute Gasteiger partial charge is 0.478 e. The second-order valence-electron chi connectivity index (χ2n) is 4.85.